The molecule has 3 N–H and O–H groups in total. The van der Waals surface area contributed by atoms with Crippen LogP contribution >= 0.6 is 23.2 Å². The average molecular weight is 524 g/mol. The van der Waals surface area contributed by atoms with Crippen molar-refractivity contribution in [3.63, 3.8) is 0 Å². The van der Waals surface area contributed by atoms with Crippen LogP contribution in [0.3, 0.4) is 0 Å². The molecule has 0 fully saturated rings. The molecule has 3 aromatic heterocycles. The summed E-state index contributed by atoms with van der Waals surface area (Å²) in [5, 5.41) is 10.9. The van der Waals surface area contributed by atoms with Crippen molar-refractivity contribution in [3.05, 3.63) is 82.2 Å². The number of aromatic nitrogens is 5. The number of nitrogen functional groups attached to an aromatic ring is 1. The fourth-order valence-electron chi connectivity index (χ4n) is 4.19. The predicted octanol–water partition coefficient (Wildman–Crippen LogP) is 5.96. The maximum atomic E-state index is 15.4. The molecular weight excluding hydrogens is 504 g/mol. The third-order valence-electron chi connectivity index (χ3n) is 5.87. The van der Waals surface area contributed by atoms with Crippen LogP contribution in [0.2, 0.25) is 10.0 Å². The van der Waals surface area contributed by atoms with E-state index in [4.69, 9.17) is 28.9 Å². The molecule has 0 spiro atoms. The van der Waals surface area contributed by atoms with Gasteiger partial charge >= 0.3 is 0 Å². The molecule has 0 bridgehead atoms. The van der Waals surface area contributed by atoms with Crippen molar-refractivity contribution in [2.75, 3.05) is 11.1 Å². The molecule has 0 radical (unpaired) electrons. The summed E-state index contributed by atoms with van der Waals surface area (Å²) in [6.45, 7) is 0. The standard InChI is InChI=1S/C25H20Cl2FN7O/c26-19-9-17(23-18(12-30-13-22(23)29)14-4-2-1-3-5-14)21(28)10-16(19)25(36)34-15-8-20(27)24(31-11-15)35-32-6-7-33-35/h4,6-13H,1-3,5,29H2,(H,34,36). The first kappa shape index (κ1) is 23.9. The van der Waals surface area contributed by atoms with E-state index in [1.807, 2.05) is 0 Å². The van der Waals surface area contributed by atoms with Crippen molar-refractivity contribution in [3.8, 4) is 16.9 Å². The van der Waals surface area contributed by atoms with Crippen LogP contribution in [-0.4, -0.2) is 30.9 Å². The summed E-state index contributed by atoms with van der Waals surface area (Å²) in [5.41, 5.74) is 9.39. The molecule has 0 saturated heterocycles. The van der Waals surface area contributed by atoms with Gasteiger partial charge in [-0.3, -0.25) is 9.78 Å². The molecule has 11 heteroatoms. The van der Waals surface area contributed by atoms with E-state index >= 15 is 4.39 Å². The van der Waals surface area contributed by atoms with E-state index in [0.29, 0.717) is 22.8 Å². The van der Waals surface area contributed by atoms with Gasteiger partial charge in [-0.05, 0) is 49.5 Å². The van der Waals surface area contributed by atoms with Gasteiger partial charge in [0.05, 0.1) is 51.8 Å². The van der Waals surface area contributed by atoms with Crippen LogP contribution in [0.4, 0.5) is 15.8 Å². The third-order valence-corrected chi connectivity index (χ3v) is 6.46. The van der Waals surface area contributed by atoms with Crippen molar-refractivity contribution >= 4 is 46.1 Å². The highest BCUT2D eigenvalue weighted by Gasteiger charge is 2.22. The van der Waals surface area contributed by atoms with Crippen LogP contribution in [0.1, 0.15) is 41.6 Å². The Kier molecular flexibility index (Phi) is 6.67. The number of rotatable bonds is 5. The van der Waals surface area contributed by atoms with Crippen molar-refractivity contribution < 1.29 is 9.18 Å². The van der Waals surface area contributed by atoms with Crippen LogP contribution in [0.25, 0.3) is 22.5 Å². The number of pyridine rings is 2. The molecule has 8 nitrogen and oxygen atoms in total. The molecule has 0 saturated carbocycles. The van der Waals surface area contributed by atoms with Gasteiger partial charge in [-0.25, -0.2) is 9.37 Å². The second kappa shape index (κ2) is 10.0. The second-order valence-corrected chi connectivity index (χ2v) is 9.05. The number of anilines is 2. The van der Waals surface area contributed by atoms with Crippen LogP contribution in [0, 0.1) is 5.82 Å². The Balaban J connectivity index is 1.45. The zero-order valence-electron chi connectivity index (χ0n) is 18.9. The van der Waals surface area contributed by atoms with Crippen LogP contribution < -0.4 is 11.1 Å². The SMILES string of the molecule is Nc1cncc(C2=CCCCC2)c1-c1cc(Cl)c(C(=O)Nc2cnc(-n3nccn3)c(Cl)c2)cc1F. The number of hydrogen-bond acceptors (Lipinski definition) is 6. The number of benzene rings is 1. The third kappa shape index (κ3) is 4.67. The van der Waals surface area contributed by atoms with E-state index < -0.39 is 11.7 Å². The minimum absolute atomic E-state index is 0.0436. The summed E-state index contributed by atoms with van der Waals surface area (Å²) in [5.74, 6) is -0.950. The normalized spacial score (nSPS) is 13.4. The number of allylic oxidation sites excluding steroid dienone is 2. The fraction of sp³-hybridized carbons (Fsp3) is 0.160. The van der Waals surface area contributed by atoms with E-state index in [0.717, 1.165) is 42.9 Å². The first-order valence-corrected chi connectivity index (χ1v) is 11.9. The molecule has 36 heavy (non-hydrogen) atoms. The number of carbonyl (C=O) groups is 1. The zero-order valence-corrected chi connectivity index (χ0v) is 20.4. The largest absolute Gasteiger partial charge is 0.397 e. The van der Waals surface area contributed by atoms with Gasteiger partial charge in [0.1, 0.15) is 5.82 Å². The van der Waals surface area contributed by atoms with Crippen molar-refractivity contribution in [2.45, 2.75) is 25.7 Å². The van der Waals surface area contributed by atoms with Crippen molar-refractivity contribution in [1.82, 2.24) is 25.0 Å². The minimum Gasteiger partial charge on any atom is -0.397 e. The van der Waals surface area contributed by atoms with Gasteiger partial charge in [0.15, 0.2) is 5.82 Å². The molecular formula is C25H20Cl2FN7O. The van der Waals surface area contributed by atoms with Gasteiger partial charge in [0, 0.05) is 22.9 Å². The van der Waals surface area contributed by atoms with Crippen LogP contribution in [0.15, 0.2) is 55.3 Å². The molecule has 5 rings (SSSR count). The zero-order chi connectivity index (χ0) is 25.2. The number of nitrogens with two attached hydrogens (primary N) is 1. The fourth-order valence-corrected chi connectivity index (χ4v) is 4.68. The molecule has 3 heterocycles. The number of nitrogens with one attached hydrogen (secondary N) is 1. The Bertz CT molecular complexity index is 1490. The number of amides is 1. The van der Waals surface area contributed by atoms with Gasteiger partial charge < -0.3 is 11.1 Å². The molecule has 0 aliphatic heterocycles. The molecule has 1 aliphatic rings. The highest BCUT2D eigenvalue weighted by Crippen LogP contribution is 2.39. The summed E-state index contributed by atoms with van der Waals surface area (Å²) in [6.07, 6.45) is 13.6. The molecule has 0 atom stereocenters. The summed E-state index contributed by atoms with van der Waals surface area (Å²) in [6, 6.07) is 4.01. The number of carbonyl (C=O) groups excluding carboxylic acids is 1. The van der Waals surface area contributed by atoms with E-state index in [1.54, 1.807) is 6.20 Å². The van der Waals surface area contributed by atoms with Gasteiger partial charge in [0.2, 0.25) is 0 Å². The Morgan fingerprint density at radius 1 is 1.03 bits per heavy atom. The lowest BCUT2D eigenvalue weighted by Crippen LogP contribution is -2.14. The summed E-state index contributed by atoms with van der Waals surface area (Å²) in [4.78, 5) is 22.6. The van der Waals surface area contributed by atoms with Crippen LogP contribution in [-0.2, 0) is 0 Å². The first-order valence-electron chi connectivity index (χ1n) is 11.2. The van der Waals surface area contributed by atoms with E-state index in [-0.39, 0.29) is 21.2 Å². The van der Waals surface area contributed by atoms with Crippen molar-refractivity contribution in [2.24, 2.45) is 0 Å². The highest BCUT2D eigenvalue weighted by atomic mass is 35.5. The van der Waals surface area contributed by atoms with Crippen LogP contribution in [0.5, 0.6) is 0 Å². The van der Waals surface area contributed by atoms with Gasteiger partial charge in [-0.2, -0.15) is 10.2 Å². The monoisotopic (exact) mass is 523 g/mol. The van der Waals surface area contributed by atoms with E-state index in [9.17, 15) is 4.79 Å². The number of halogens is 3. The molecule has 1 aliphatic carbocycles. The Hall–Kier alpha value is -3.82. The topological polar surface area (TPSA) is 112 Å². The maximum absolute atomic E-state index is 15.4. The average Bonchev–Trinajstić information content (AvgIpc) is 3.40. The highest BCUT2D eigenvalue weighted by molar-refractivity contribution is 6.35. The van der Waals surface area contributed by atoms with Gasteiger partial charge in [0.25, 0.3) is 5.91 Å². The summed E-state index contributed by atoms with van der Waals surface area (Å²) in [7, 11) is 0. The molecule has 0 unspecified atom stereocenters. The predicted molar refractivity (Wildman–Crippen MR) is 138 cm³/mol. The maximum Gasteiger partial charge on any atom is 0.257 e. The van der Waals surface area contributed by atoms with E-state index in [2.05, 4.69) is 31.6 Å². The van der Waals surface area contributed by atoms with E-state index in [1.165, 1.54) is 41.7 Å². The smallest absolute Gasteiger partial charge is 0.257 e. The summed E-state index contributed by atoms with van der Waals surface area (Å²) >= 11 is 12.7. The van der Waals surface area contributed by atoms with Crippen molar-refractivity contribution in [1.29, 1.82) is 0 Å². The number of hydrogen-bond donors (Lipinski definition) is 2. The first-order chi connectivity index (χ1) is 17.4. The lowest BCUT2D eigenvalue weighted by Gasteiger charge is -2.19. The summed E-state index contributed by atoms with van der Waals surface area (Å²) < 4.78 is 15.4. The Labute approximate surface area is 216 Å². The van der Waals surface area contributed by atoms with Gasteiger partial charge in [-0.1, -0.05) is 29.3 Å². The molecule has 1 amide bonds. The lowest BCUT2D eigenvalue weighted by atomic mass is 9.88. The Morgan fingerprint density at radius 3 is 2.56 bits per heavy atom. The lowest BCUT2D eigenvalue weighted by molar-refractivity contribution is 0.102. The molecule has 1 aromatic carbocycles. The minimum atomic E-state index is -0.628. The number of nitrogens with zero attached hydrogens (tertiary/aromatic N) is 5. The molecule has 4 aromatic rings. The van der Waals surface area contributed by atoms with Gasteiger partial charge in [-0.15, -0.1) is 4.80 Å². The Morgan fingerprint density at radius 2 is 1.83 bits per heavy atom. The molecule has 182 valence electrons. The second-order valence-electron chi connectivity index (χ2n) is 8.24. The quantitative estimate of drug-likeness (QED) is 0.333.